The van der Waals surface area contributed by atoms with Crippen LogP contribution in [0.4, 0.5) is 0 Å². The highest BCUT2D eigenvalue weighted by Crippen LogP contribution is 2.41. The predicted molar refractivity (Wildman–Crippen MR) is 128 cm³/mol. The number of hydrogen-bond donors (Lipinski definition) is 1. The van der Waals surface area contributed by atoms with Gasteiger partial charge in [-0.15, -0.1) is 0 Å². The van der Waals surface area contributed by atoms with E-state index in [0.29, 0.717) is 35.3 Å². The van der Waals surface area contributed by atoms with Crippen LogP contribution in [0.25, 0.3) is 28.0 Å². The molecule has 0 aliphatic carbocycles. The van der Waals surface area contributed by atoms with E-state index in [1.54, 1.807) is 21.3 Å². The summed E-state index contributed by atoms with van der Waals surface area (Å²) >= 11 is 0. The van der Waals surface area contributed by atoms with Crippen LogP contribution < -0.4 is 14.2 Å². The Hall–Kier alpha value is -4.26. The van der Waals surface area contributed by atoms with Gasteiger partial charge in [0.1, 0.15) is 0 Å². The van der Waals surface area contributed by atoms with Gasteiger partial charge in [0.05, 0.1) is 27.0 Å². The average molecular weight is 441 g/mol. The number of benzene rings is 3. The van der Waals surface area contributed by atoms with E-state index in [0.717, 1.165) is 22.3 Å². The highest BCUT2D eigenvalue weighted by molar-refractivity contribution is 5.83. The molecule has 7 heteroatoms. The molecule has 2 aromatic heterocycles. The molecule has 0 aliphatic rings. The topological polar surface area (TPSA) is 74.2 Å². The molecule has 0 unspecified atom stereocenters. The summed E-state index contributed by atoms with van der Waals surface area (Å²) in [5, 5.41) is 6.04. The first-order valence-electron chi connectivity index (χ1n) is 10.6. The summed E-state index contributed by atoms with van der Waals surface area (Å²) < 4.78 is 18.5. The summed E-state index contributed by atoms with van der Waals surface area (Å²) in [6.07, 6.45) is 2.62. The van der Waals surface area contributed by atoms with Gasteiger partial charge in [-0.3, -0.25) is 0 Å². The van der Waals surface area contributed by atoms with E-state index in [1.165, 1.54) is 5.39 Å². The van der Waals surface area contributed by atoms with Gasteiger partial charge in [0.2, 0.25) is 5.75 Å². The SMILES string of the molecule is COc1cc(-c2nc(Cc3c[nH]c4ccccc34)nn2-c2ccccc2)cc(OC)c1OC. The Morgan fingerprint density at radius 1 is 0.848 bits per heavy atom. The molecule has 0 atom stereocenters. The van der Waals surface area contributed by atoms with Gasteiger partial charge in [-0.05, 0) is 35.9 Å². The molecule has 1 N–H and O–H groups in total. The minimum absolute atomic E-state index is 0.536. The van der Waals surface area contributed by atoms with Gasteiger partial charge in [-0.25, -0.2) is 9.67 Å². The van der Waals surface area contributed by atoms with Crippen molar-refractivity contribution < 1.29 is 14.2 Å². The van der Waals surface area contributed by atoms with E-state index in [9.17, 15) is 0 Å². The first kappa shape index (κ1) is 20.6. The smallest absolute Gasteiger partial charge is 0.203 e. The fraction of sp³-hybridized carbons (Fsp3) is 0.154. The maximum absolute atomic E-state index is 5.56. The number of fused-ring (bicyclic) bond motifs is 1. The Labute approximate surface area is 191 Å². The van der Waals surface area contributed by atoms with Gasteiger partial charge in [0, 0.05) is 29.1 Å². The van der Waals surface area contributed by atoms with Crippen LogP contribution in [0.2, 0.25) is 0 Å². The van der Waals surface area contributed by atoms with Gasteiger partial charge in [-0.1, -0.05) is 36.4 Å². The quantitative estimate of drug-likeness (QED) is 0.384. The predicted octanol–water partition coefficient (Wildman–Crippen LogP) is 5.03. The Morgan fingerprint density at radius 3 is 2.24 bits per heavy atom. The molecule has 0 bridgehead atoms. The standard InChI is InChI=1S/C26H24N4O3/c1-31-22-13-17(14-23(32-2)25(22)33-3)26-28-24(29-30(26)19-9-5-4-6-10-19)15-18-16-27-21-12-8-7-11-20(18)21/h4-14,16,27H,15H2,1-3H3. The van der Waals surface area contributed by atoms with Crippen LogP contribution in [0.1, 0.15) is 11.4 Å². The summed E-state index contributed by atoms with van der Waals surface area (Å²) in [5.41, 5.74) is 3.97. The minimum Gasteiger partial charge on any atom is -0.493 e. The highest BCUT2D eigenvalue weighted by Gasteiger charge is 2.20. The summed E-state index contributed by atoms with van der Waals surface area (Å²) in [5.74, 6) is 3.07. The maximum atomic E-state index is 5.56. The van der Waals surface area contributed by atoms with Gasteiger partial charge < -0.3 is 19.2 Å². The van der Waals surface area contributed by atoms with Crippen LogP contribution in [-0.4, -0.2) is 41.1 Å². The molecule has 2 heterocycles. The number of nitrogens with zero attached hydrogens (tertiary/aromatic N) is 3. The molecule has 5 aromatic rings. The zero-order valence-corrected chi connectivity index (χ0v) is 18.7. The van der Waals surface area contributed by atoms with Crippen LogP contribution >= 0.6 is 0 Å². The summed E-state index contributed by atoms with van der Waals surface area (Å²) in [6, 6.07) is 22.0. The van der Waals surface area contributed by atoms with Gasteiger partial charge in [0.15, 0.2) is 23.1 Å². The summed E-state index contributed by atoms with van der Waals surface area (Å²) in [4.78, 5) is 8.26. The molecule has 5 rings (SSSR count). The van der Waals surface area contributed by atoms with Crippen molar-refractivity contribution in [2.45, 2.75) is 6.42 Å². The van der Waals surface area contributed by atoms with E-state index < -0.39 is 0 Å². The van der Waals surface area contributed by atoms with E-state index in [-0.39, 0.29) is 0 Å². The molecule has 0 radical (unpaired) electrons. The second kappa shape index (κ2) is 8.70. The monoisotopic (exact) mass is 440 g/mol. The van der Waals surface area contributed by atoms with E-state index in [2.05, 4.69) is 17.1 Å². The zero-order chi connectivity index (χ0) is 22.8. The number of para-hydroxylation sites is 2. The van der Waals surface area contributed by atoms with Crippen LogP contribution in [0.5, 0.6) is 17.2 Å². The number of rotatable bonds is 7. The van der Waals surface area contributed by atoms with Crippen molar-refractivity contribution in [3.63, 3.8) is 0 Å². The molecule has 33 heavy (non-hydrogen) atoms. The normalized spacial score (nSPS) is 11.0. The fourth-order valence-electron chi connectivity index (χ4n) is 4.02. The number of methoxy groups -OCH3 is 3. The third-order valence-corrected chi connectivity index (χ3v) is 5.60. The third-order valence-electron chi connectivity index (χ3n) is 5.60. The van der Waals surface area contributed by atoms with Crippen molar-refractivity contribution >= 4 is 10.9 Å². The van der Waals surface area contributed by atoms with E-state index in [4.69, 9.17) is 24.3 Å². The molecular weight excluding hydrogens is 416 g/mol. The van der Waals surface area contributed by atoms with Gasteiger partial charge in [-0.2, -0.15) is 5.10 Å². The molecule has 166 valence electrons. The first-order valence-corrected chi connectivity index (χ1v) is 10.6. The second-order valence-electron chi connectivity index (χ2n) is 7.55. The van der Waals surface area contributed by atoms with Crippen LogP contribution in [0.3, 0.4) is 0 Å². The van der Waals surface area contributed by atoms with Crippen LogP contribution in [0.15, 0.2) is 72.9 Å². The Bertz CT molecular complexity index is 1380. The lowest BCUT2D eigenvalue weighted by atomic mass is 10.1. The lowest BCUT2D eigenvalue weighted by molar-refractivity contribution is 0.324. The third kappa shape index (κ3) is 3.78. The van der Waals surface area contributed by atoms with Crippen molar-refractivity contribution in [1.29, 1.82) is 0 Å². The summed E-state index contributed by atoms with van der Waals surface area (Å²) in [7, 11) is 4.79. The fourth-order valence-corrected chi connectivity index (χ4v) is 4.02. The molecule has 7 nitrogen and oxygen atoms in total. The molecule has 3 aromatic carbocycles. The van der Waals surface area contributed by atoms with Crippen molar-refractivity contribution in [1.82, 2.24) is 19.7 Å². The number of aromatic nitrogens is 4. The first-order chi connectivity index (χ1) is 16.2. The largest absolute Gasteiger partial charge is 0.493 e. The highest BCUT2D eigenvalue weighted by atomic mass is 16.5. The van der Waals surface area contributed by atoms with Crippen molar-refractivity contribution in [3.05, 3.63) is 84.3 Å². The zero-order valence-electron chi connectivity index (χ0n) is 18.7. The molecular formula is C26H24N4O3. The molecule has 0 aliphatic heterocycles. The Kier molecular flexibility index (Phi) is 5.44. The van der Waals surface area contributed by atoms with Gasteiger partial charge in [0.25, 0.3) is 0 Å². The second-order valence-corrected chi connectivity index (χ2v) is 7.55. The molecule has 0 saturated carbocycles. The van der Waals surface area contributed by atoms with Crippen molar-refractivity contribution in [2.24, 2.45) is 0 Å². The lowest BCUT2D eigenvalue weighted by Gasteiger charge is -2.14. The summed E-state index contributed by atoms with van der Waals surface area (Å²) in [6.45, 7) is 0. The number of hydrogen-bond acceptors (Lipinski definition) is 5. The Balaban J connectivity index is 1.65. The van der Waals surface area contributed by atoms with Crippen molar-refractivity contribution in [3.8, 4) is 34.3 Å². The molecule has 0 amide bonds. The average Bonchev–Trinajstić information content (AvgIpc) is 3.48. The number of ether oxygens (including phenoxy) is 3. The minimum atomic E-state index is 0.536. The van der Waals surface area contributed by atoms with Crippen LogP contribution in [-0.2, 0) is 6.42 Å². The molecule has 0 fully saturated rings. The molecule has 0 spiro atoms. The van der Waals surface area contributed by atoms with Crippen molar-refractivity contribution in [2.75, 3.05) is 21.3 Å². The van der Waals surface area contributed by atoms with Gasteiger partial charge >= 0.3 is 0 Å². The Morgan fingerprint density at radius 2 is 1.55 bits per heavy atom. The van der Waals surface area contributed by atoms with Crippen LogP contribution in [0, 0.1) is 0 Å². The molecule has 0 saturated heterocycles. The maximum Gasteiger partial charge on any atom is 0.203 e. The number of aromatic amines is 1. The number of H-pyrrole nitrogens is 1. The van der Waals surface area contributed by atoms with E-state index in [1.807, 2.05) is 65.5 Å². The number of nitrogens with one attached hydrogen (secondary N) is 1. The van der Waals surface area contributed by atoms with E-state index >= 15 is 0 Å². The lowest BCUT2D eigenvalue weighted by Crippen LogP contribution is -2.01.